The molecule has 0 amide bonds. The lowest BCUT2D eigenvalue weighted by atomic mass is 9.96. The highest BCUT2D eigenvalue weighted by atomic mass is 32.1. The van der Waals surface area contributed by atoms with E-state index in [1.54, 1.807) is 89.4 Å². The summed E-state index contributed by atoms with van der Waals surface area (Å²) < 4.78 is 23.8. The summed E-state index contributed by atoms with van der Waals surface area (Å²) in [6, 6.07) is 17.0. The van der Waals surface area contributed by atoms with Crippen molar-refractivity contribution in [2.75, 3.05) is 13.7 Å². The van der Waals surface area contributed by atoms with Crippen LogP contribution >= 0.6 is 11.3 Å². The SMILES string of the molecule is CCOC(=O)c1ccc(-c2ccc(/C=c3\sc4n(c3=O)C(c3ccc(OC)cc3)C(C(=O)OC(C)C)=C(C)N=4)o2)cc1. The molecule has 0 radical (unpaired) electrons. The first-order chi connectivity index (χ1) is 20.2. The van der Waals surface area contributed by atoms with Gasteiger partial charge in [-0.3, -0.25) is 9.36 Å². The molecule has 5 rings (SSSR count). The Morgan fingerprint density at radius 2 is 1.76 bits per heavy atom. The fourth-order valence-corrected chi connectivity index (χ4v) is 5.69. The van der Waals surface area contributed by atoms with Crippen molar-refractivity contribution in [1.29, 1.82) is 0 Å². The summed E-state index contributed by atoms with van der Waals surface area (Å²) in [7, 11) is 1.58. The number of benzene rings is 2. The first kappa shape index (κ1) is 28.8. The minimum absolute atomic E-state index is 0.303. The Bertz CT molecular complexity index is 1840. The van der Waals surface area contributed by atoms with Crippen molar-refractivity contribution in [2.45, 2.75) is 39.8 Å². The maximum Gasteiger partial charge on any atom is 0.338 e. The maximum absolute atomic E-state index is 13.9. The van der Waals surface area contributed by atoms with E-state index in [1.165, 1.54) is 15.9 Å². The first-order valence-corrected chi connectivity index (χ1v) is 14.3. The predicted octanol–water partition coefficient (Wildman–Crippen LogP) is 4.63. The second-order valence-corrected chi connectivity index (χ2v) is 10.8. The molecule has 0 N–H and O–H groups in total. The molecule has 1 aliphatic rings. The Morgan fingerprint density at radius 1 is 1.05 bits per heavy atom. The van der Waals surface area contributed by atoms with Gasteiger partial charge in [0.1, 0.15) is 17.3 Å². The number of hydrogen-bond donors (Lipinski definition) is 0. The first-order valence-electron chi connectivity index (χ1n) is 13.4. The summed E-state index contributed by atoms with van der Waals surface area (Å²) in [4.78, 5) is 44.1. The van der Waals surface area contributed by atoms with Gasteiger partial charge in [0.05, 0.1) is 47.2 Å². The number of rotatable bonds is 8. The third-order valence-electron chi connectivity index (χ3n) is 6.60. The molecule has 0 aliphatic carbocycles. The van der Waals surface area contributed by atoms with Crippen LogP contribution in [0, 0.1) is 0 Å². The van der Waals surface area contributed by atoms with Crippen molar-refractivity contribution in [3.63, 3.8) is 0 Å². The lowest BCUT2D eigenvalue weighted by Crippen LogP contribution is -2.40. The summed E-state index contributed by atoms with van der Waals surface area (Å²) in [5, 5.41) is 0. The maximum atomic E-state index is 13.9. The Hall–Kier alpha value is -4.70. The van der Waals surface area contributed by atoms with E-state index in [1.807, 2.05) is 12.1 Å². The number of aromatic nitrogens is 1. The van der Waals surface area contributed by atoms with Crippen LogP contribution < -0.4 is 19.6 Å². The van der Waals surface area contributed by atoms with E-state index in [2.05, 4.69) is 4.99 Å². The topological polar surface area (TPSA) is 109 Å². The molecule has 216 valence electrons. The third-order valence-corrected chi connectivity index (χ3v) is 7.58. The van der Waals surface area contributed by atoms with Crippen LogP contribution in [0.5, 0.6) is 5.75 Å². The van der Waals surface area contributed by atoms with Crippen molar-refractivity contribution in [2.24, 2.45) is 4.99 Å². The summed E-state index contributed by atoms with van der Waals surface area (Å²) in [5.74, 6) is 0.799. The van der Waals surface area contributed by atoms with Crippen LogP contribution in [0.25, 0.3) is 17.4 Å². The lowest BCUT2D eigenvalue weighted by molar-refractivity contribution is -0.143. The van der Waals surface area contributed by atoms with Gasteiger partial charge >= 0.3 is 11.9 Å². The molecule has 3 heterocycles. The van der Waals surface area contributed by atoms with Gasteiger partial charge in [0, 0.05) is 11.6 Å². The van der Waals surface area contributed by atoms with Gasteiger partial charge in [0.15, 0.2) is 4.80 Å². The van der Waals surface area contributed by atoms with E-state index >= 15 is 0 Å². The number of ether oxygens (including phenoxy) is 3. The van der Waals surface area contributed by atoms with E-state index in [-0.39, 0.29) is 17.6 Å². The summed E-state index contributed by atoms with van der Waals surface area (Å²) in [5.41, 5.74) is 2.43. The molecule has 1 atom stereocenters. The Balaban J connectivity index is 1.55. The van der Waals surface area contributed by atoms with E-state index < -0.39 is 12.0 Å². The highest BCUT2D eigenvalue weighted by molar-refractivity contribution is 7.07. The van der Waals surface area contributed by atoms with Crippen LogP contribution in [0.3, 0.4) is 0 Å². The fourth-order valence-electron chi connectivity index (χ4n) is 4.66. The monoisotopic (exact) mass is 586 g/mol. The Labute approximate surface area is 246 Å². The average molecular weight is 587 g/mol. The number of nitrogens with zero attached hydrogens (tertiary/aromatic N) is 2. The van der Waals surface area contributed by atoms with Crippen LogP contribution in [-0.4, -0.2) is 36.3 Å². The second-order valence-electron chi connectivity index (χ2n) is 9.81. The van der Waals surface area contributed by atoms with Crippen molar-refractivity contribution in [1.82, 2.24) is 4.57 Å². The smallest absolute Gasteiger partial charge is 0.338 e. The molecule has 4 aromatic rings. The largest absolute Gasteiger partial charge is 0.497 e. The number of furan rings is 1. The summed E-state index contributed by atoms with van der Waals surface area (Å²) in [6.07, 6.45) is 1.32. The molecule has 0 bridgehead atoms. The van der Waals surface area contributed by atoms with Crippen LogP contribution in [0.1, 0.15) is 55.4 Å². The fraction of sp³-hybridized carbons (Fsp3) is 0.250. The van der Waals surface area contributed by atoms with Crippen molar-refractivity contribution in [3.05, 3.63) is 109 Å². The normalized spacial score (nSPS) is 14.9. The molecule has 10 heteroatoms. The molecular weight excluding hydrogens is 556 g/mol. The molecule has 1 unspecified atom stereocenters. The molecule has 0 saturated heterocycles. The zero-order chi connectivity index (χ0) is 30.0. The van der Waals surface area contributed by atoms with Gasteiger partial charge in [-0.05, 0) is 69.7 Å². The molecule has 0 spiro atoms. The van der Waals surface area contributed by atoms with Gasteiger partial charge in [0.2, 0.25) is 0 Å². The van der Waals surface area contributed by atoms with Gasteiger partial charge in [-0.25, -0.2) is 14.6 Å². The van der Waals surface area contributed by atoms with Gasteiger partial charge in [-0.1, -0.05) is 35.6 Å². The molecule has 2 aromatic heterocycles. The Kier molecular flexibility index (Phi) is 8.26. The van der Waals surface area contributed by atoms with Crippen LogP contribution in [0.15, 0.2) is 86.1 Å². The minimum Gasteiger partial charge on any atom is -0.497 e. The molecule has 2 aromatic carbocycles. The van der Waals surface area contributed by atoms with E-state index in [0.717, 1.165) is 11.1 Å². The van der Waals surface area contributed by atoms with Crippen molar-refractivity contribution < 1.29 is 28.2 Å². The van der Waals surface area contributed by atoms with Gasteiger partial charge < -0.3 is 18.6 Å². The number of carbonyl (C=O) groups is 2. The zero-order valence-corrected chi connectivity index (χ0v) is 24.7. The van der Waals surface area contributed by atoms with E-state index in [0.29, 0.717) is 50.0 Å². The number of thiazole rings is 1. The number of hydrogen-bond acceptors (Lipinski definition) is 9. The van der Waals surface area contributed by atoms with Gasteiger partial charge in [-0.15, -0.1) is 0 Å². The number of methoxy groups -OCH3 is 1. The van der Waals surface area contributed by atoms with Gasteiger partial charge in [-0.2, -0.15) is 0 Å². The molecule has 9 nitrogen and oxygen atoms in total. The lowest BCUT2D eigenvalue weighted by Gasteiger charge is -2.25. The second kappa shape index (κ2) is 12.0. The minimum atomic E-state index is -0.731. The summed E-state index contributed by atoms with van der Waals surface area (Å²) in [6.45, 7) is 7.36. The standard InChI is InChI=1S/C32H30N2O7S/c1-6-39-30(36)22-9-7-20(8-10-22)25-16-15-24(41-25)17-26-29(35)34-28(21-11-13-23(38-5)14-12-21)27(31(37)40-18(2)3)19(4)33-32(34)42-26/h7-18,28H,6H2,1-5H3/b26-17-. The highest BCUT2D eigenvalue weighted by Crippen LogP contribution is 2.32. The number of carbonyl (C=O) groups excluding carboxylic acids is 2. The van der Waals surface area contributed by atoms with Crippen LogP contribution in [0.4, 0.5) is 0 Å². The zero-order valence-electron chi connectivity index (χ0n) is 23.9. The van der Waals surface area contributed by atoms with Crippen LogP contribution in [-0.2, 0) is 14.3 Å². The molecule has 42 heavy (non-hydrogen) atoms. The van der Waals surface area contributed by atoms with E-state index in [9.17, 15) is 14.4 Å². The van der Waals surface area contributed by atoms with Crippen molar-refractivity contribution in [3.8, 4) is 17.1 Å². The number of fused-ring (bicyclic) bond motifs is 1. The molecule has 0 saturated carbocycles. The quantitative estimate of drug-likeness (QED) is 0.277. The summed E-state index contributed by atoms with van der Waals surface area (Å²) >= 11 is 1.21. The third kappa shape index (κ3) is 5.71. The van der Waals surface area contributed by atoms with Gasteiger partial charge in [0.25, 0.3) is 5.56 Å². The van der Waals surface area contributed by atoms with E-state index in [4.69, 9.17) is 18.6 Å². The number of esters is 2. The molecular formula is C32H30N2O7S. The molecule has 1 aliphatic heterocycles. The van der Waals surface area contributed by atoms with Crippen LogP contribution in [0.2, 0.25) is 0 Å². The Morgan fingerprint density at radius 3 is 2.40 bits per heavy atom. The highest BCUT2D eigenvalue weighted by Gasteiger charge is 2.33. The predicted molar refractivity (Wildman–Crippen MR) is 158 cm³/mol. The molecule has 0 fully saturated rings. The number of allylic oxidation sites excluding steroid dienone is 1. The van der Waals surface area contributed by atoms with Crippen molar-refractivity contribution >= 4 is 29.4 Å². The average Bonchev–Trinajstić information content (AvgIpc) is 3.56.